The van der Waals surface area contributed by atoms with E-state index in [9.17, 15) is 4.79 Å². The fourth-order valence-electron chi connectivity index (χ4n) is 5.88. The summed E-state index contributed by atoms with van der Waals surface area (Å²) in [5.41, 5.74) is 8.62. The van der Waals surface area contributed by atoms with Gasteiger partial charge < -0.3 is 5.73 Å². The van der Waals surface area contributed by atoms with Crippen molar-refractivity contribution in [1.82, 2.24) is 4.98 Å². The van der Waals surface area contributed by atoms with E-state index < -0.39 is 0 Å². The lowest BCUT2D eigenvalue weighted by Crippen LogP contribution is -2.48. The number of carbonyl (C=O) groups is 1. The second-order valence-electron chi connectivity index (χ2n) is 8.18. The summed E-state index contributed by atoms with van der Waals surface area (Å²) in [5.74, 6) is 2.41. The Bertz CT molecular complexity index is 774. The van der Waals surface area contributed by atoms with Crippen molar-refractivity contribution in [3.8, 4) is 10.6 Å². The molecule has 4 bridgehead atoms. The number of rotatable bonds is 3. The van der Waals surface area contributed by atoms with Crippen LogP contribution in [0.2, 0.25) is 0 Å². The standard InChI is InChI=1S/C20H22N2OS/c21-18(23)15-2-1-3-16(7-15)19-22-17(11-24-19)20-8-12-4-13(9-20)6-14(5-12)10-20/h1-3,7,11-14H,4-6,8-10H2,(H2,21,23). The van der Waals surface area contributed by atoms with Gasteiger partial charge in [-0.1, -0.05) is 12.1 Å². The Morgan fingerprint density at radius 2 is 1.79 bits per heavy atom. The van der Waals surface area contributed by atoms with Crippen molar-refractivity contribution in [3.05, 3.63) is 40.9 Å². The predicted octanol–water partition coefficient (Wildman–Crippen LogP) is 4.38. The van der Waals surface area contributed by atoms with Gasteiger partial charge in [-0.25, -0.2) is 4.98 Å². The molecule has 4 fully saturated rings. The molecule has 0 saturated heterocycles. The normalized spacial score (nSPS) is 33.8. The van der Waals surface area contributed by atoms with Crippen LogP contribution in [0.1, 0.15) is 54.6 Å². The minimum Gasteiger partial charge on any atom is -0.366 e. The molecule has 4 heteroatoms. The molecular formula is C20H22N2OS. The van der Waals surface area contributed by atoms with Crippen LogP contribution in [-0.4, -0.2) is 10.9 Å². The highest BCUT2D eigenvalue weighted by Crippen LogP contribution is 2.60. The van der Waals surface area contributed by atoms with E-state index >= 15 is 0 Å². The summed E-state index contributed by atoms with van der Waals surface area (Å²) in [4.78, 5) is 16.5. The van der Waals surface area contributed by atoms with Crippen molar-refractivity contribution in [2.24, 2.45) is 23.5 Å². The van der Waals surface area contributed by atoms with E-state index in [-0.39, 0.29) is 5.91 Å². The molecule has 1 amide bonds. The first kappa shape index (κ1) is 14.6. The first-order valence-electron chi connectivity index (χ1n) is 8.97. The number of nitrogens with two attached hydrogens (primary N) is 1. The van der Waals surface area contributed by atoms with E-state index in [1.54, 1.807) is 17.4 Å². The molecule has 1 aromatic carbocycles. The number of aromatic nitrogens is 1. The van der Waals surface area contributed by atoms with Gasteiger partial charge in [-0.05, 0) is 68.4 Å². The molecule has 0 aliphatic heterocycles. The molecule has 1 heterocycles. The fraction of sp³-hybridized carbons (Fsp3) is 0.500. The third kappa shape index (κ3) is 2.23. The zero-order valence-electron chi connectivity index (χ0n) is 13.7. The first-order chi connectivity index (χ1) is 11.6. The van der Waals surface area contributed by atoms with Crippen LogP contribution in [0.15, 0.2) is 29.6 Å². The highest BCUT2D eigenvalue weighted by atomic mass is 32.1. The molecule has 24 heavy (non-hydrogen) atoms. The third-order valence-corrected chi connectivity index (χ3v) is 7.37. The van der Waals surface area contributed by atoms with Gasteiger partial charge in [0.2, 0.25) is 5.91 Å². The number of hydrogen-bond acceptors (Lipinski definition) is 3. The maximum Gasteiger partial charge on any atom is 0.248 e. The van der Waals surface area contributed by atoms with Crippen molar-refractivity contribution < 1.29 is 4.79 Å². The summed E-state index contributed by atoms with van der Waals surface area (Å²) >= 11 is 1.71. The minimum atomic E-state index is -0.380. The number of carbonyl (C=O) groups excluding carboxylic acids is 1. The number of benzene rings is 1. The number of primary amides is 1. The van der Waals surface area contributed by atoms with Gasteiger partial charge in [0.05, 0.1) is 5.69 Å². The SMILES string of the molecule is NC(=O)c1cccc(-c2nc(C34CC5CC(CC(C5)C3)C4)cs2)c1. The van der Waals surface area contributed by atoms with Crippen LogP contribution in [-0.2, 0) is 5.41 Å². The molecule has 6 rings (SSSR count). The van der Waals surface area contributed by atoms with Gasteiger partial charge in [0.1, 0.15) is 5.01 Å². The quantitative estimate of drug-likeness (QED) is 0.903. The molecule has 124 valence electrons. The molecule has 3 nitrogen and oxygen atoms in total. The second-order valence-corrected chi connectivity index (χ2v) is 9.04. The molecule has 0 unspecified atom stereocenters. The fourth-order valence-corrected chi connectivity index (χ4v) is 6.82. The van der Waals surface area contributed by atoms with Crippen LogP contribution in [0.25, 0.3) is 10.6 Å². The highest BCUT2D eigenvalue weighted by molar-refractivity contribution is 7.13. The van der Waals surface area contributed by atoms with Gasteiger partial charge in [0.25, 0.3) is 0 Å². The first-order valence-corrected chi connectivity index (χ1v) is 9.85. The highest BCUT2D eigenvalue weighted by Gasteiger charge is 2.52. The van der Waals surface area contributed by atoms with Gasteiger partial charge in [0.15, 0.2) is 0 Å². The van der Waals surface area contributed by atoms with E-state index in [2.05, 4.69) is 5.38 Å². The largest absolute Gasteiger partial charge is 0.366 e. The van der Waals surface area contributed by atoms with E-state index in [1.165, 1.54) is 44.2 Å². The van der Waals surface area contributed by atoms with Gasteiger partial charge in [0, 0.05) is 21.9 Å². The molecule has 0 spiro atoms. The zero-order valence-corrected chi connectivity index (χ0v) is 14.5. The van der Waals surface area contributed by atoms with E-state index in [0.717, 1.165) is 28.3 Å². The Balaban J connectivity index is 1.50. The van der Waals surface area contributed by atoms with Gasteiger partial charge in [-0.2, -0.15) is 0 Å². The molecule has 4 aliphatic carbocycles. The molecule has 4 saturated carbocycles. The van der Waals surface area contributed by atoms with Crippen molar-refractivity contribution in [2.45, 2.75) is 43.9 Å². The summed E-state index contributed by atoms with van der Waals surface area (Å²) in [7, 11) is 0. The van der Waals surface area contributed by atoms with Crippen molar-refractivity contribution in [2.75, 3.05) is 0 Å². The van der Waals surface area contributed by atoms with Crippen molar-refractivity contribution >= 4 is 17.2 Å². The smallest absolute Gasteiger partial charge is 0.248 e. The topological polar surface area (TPSA) is 56.0 Å². The molecule has 2 aromatic rings. The van der Waals surface area contributed by atoms with E-state index in [1.807, 2.05) is 18.2 Å². The zero-order chi connectivity index (χ0) is 16.3. The number of amides is 1. The van der Waals surface area contributed by atoms with Crippen LogP contribution in [0.3, 0.4) is 0 Å². The number of thiazole rings is 1. The van der Waals surface area contributed by atoms with Crippen LogP contribution in [0.4, 0.5) is 0 Å². The predicted molar refractivity (Wildman–Crippen MR) is 95.9 cm³/mol. The molecule has 4 aliphatic rings. The number of hydrogen-bond donors (Lipinski definition) is 1. The lowest BCUT2D eigenvalue weighted by Gasteiger charge is -2.56. The maximum atomic E-state index is 11.4. The number of nitrogens with zero attached hydrogens (tertiary/aromatic N) is 1. The Hall–Kier alpha value is -1.68. The molecule has 0 radical (unpaired) electrons. The molecule has 1 aromatic heterocycles. The minimum absolute atomic E-state index is 0.338. The summed E-state index contributed by atoms with van der Waals surface area (Å²) < 4.78 is 0. The Kier molecular flexibility index (Phi) is 3.15. The van der Waals surface area contributed by atoms with Gasteiger partial charge >= 0.3 is 0 Å². The average molecular weight is 338 g/mol. The van der Waals surface area contributed by atoms with Crippen LogP contribution >= 0.6 is 11.3 Å². The summed E-state index contributed by atoms with van der Waals surface area (Å²) in [6.45, 7) is 0. The maximum absolute atomic E-state index is 11.4. The molecule has 0 atom stereocenters. The lowest BCUT2D eigenvalue weighted by atomic mass is 9.49. The third-order valence-electron chi connectivity index (χ3n) is 6.48. The van der Waals surface area contributed by atoms with Crippen molar-refractivity contribution in [1.29, 1.82) is 0 Å². The lowest BCUT2D eigenvalue weighted by molar-refractivity contribution is -0.00689. The summed E-state index contributed by atoms with van der Waals surface area (Å²) in [6.07, 6.45) is 8.38. The summed E-state index contributed by atoms with van der Waals surface area (Å²) in [5, 5.41) is 3.29. The van der Waals surface area contributed by atoms with Crippen molar-refractivity contribution in [3.63, 3.8) is 0 Å². The second kappa shape index (κ2) is 5.16. The van der Waals surface area contributed by atoms with Crippen LogP contribution in [0.5, 0.6) is 0 Å². The Morgan fingerprint density at radius 1 is 1.12 bits per heavy atom. The van der Waals surface area contributed by atoms with E-state index in [4.69, 9.17) is 10.7 Å². The van der Waals surface area contributed by atoms with Gasteiger partial charge in [-0.3, -0.25) is 4.79 Å². The monoisotopic (exact) mass is 338 g/mol. The summed E-state index contributed by atoms with van der Waals surface area (Å²) in [6, 6.07) is 7.54. The van der Waals surface area contributed by atoms with Crippen LogP contribution in [0, 0.1) is 17.8 Å². The van der Waals surface area contributed by atoms with E-state index in [0.29, 0.717) is 11.0 Å². The van der Waals surface area contributed by atoms with Crippen LogP contribution < -0.4 is 5.73 Å². The van der Waals surface area contributed by atoms with Gasteiger partial charge in [-0.15, -0.1) is 11.3 Å². The Morgan fingerprint density at radius 3 is 2.42 bits per heavy atom. The molecular weight excluding hydrogens is 316 g/mol. The average Bonchev–Trinajstić information content (AvgIpc) is 3.04. The molecule has 2 N–H and O–H groups in total. The Labute approximate surface area is 146 Å².